The summed E-state index contributed by atoms with van der Waals surface area (Å²) >= 11 is 0. The molecule has 1 aliphatic rings. The maximum Gasteiger partial charge on any atom is 0.123 e. The van der Waals surface area contributed by atoms with Crippen molar-refractivity contribution in [2.45, 2.75) is 65.8 Å². The zero-order valence-electron chi connectivity index (χ0n) is 14.0. The first-order valence-electron chi connectivity index (χ1n) is 8.47. The summed E-state index contributed by atoms with van der Waals surface area (Å²) in [7, 11) is 0. The molecular formula is C19H30FN. The fraction of sp³-hybridized carbons (Fsp3) is 0.684. The Kier molecular flexibility index (Phi) is 5.43. The standard InChI is InChI=1S/C19H30FN/c1-5-21-18(16-10-15(4)11-17(20)12-16)19(13-14(2)3)8-6-7-9-19/h10-12,14,18,21H,5-9,13H2,1-4H3. The predicted octanol–water partition coefficient (Wildman–Crippen LogP) is 5.39. The second-order valence-corrected chi connectivity index (χ2v) is 7.22. The molecule has 1 aliphatic carbocycles. The van der Waals surface area contributed by atoms with Crippen LogP contribution in [-0.2, 0) is 0 Å². The molecule has 0 radical (unpaired) electrons. The van der Waals surface area contributed by atoms with Gasteiger partial charge >= 0.3 is 0 Å². The van der Waals surface area contributed by atoms with Crippen molar-refractivity contribution in [1.29, 1.82) is 0 Å². The summed E-state index contributed by atoms with van der Waals surface area (Å²) in [5.41, 5.74) is 2.45. The van der Waals surface area contributed by atoms with Crippen LogP contribution in [0.2, 0.25) is 0 Å². The second kappa shape index (κ2) is 6.91. The molecule has 1 N–H and O–H groups in total. The van der Waals surface area contributed by atoms with Gasteiger partial charge in [-0.25, -0.2) is 4.39 Å². The van der Waals surface area contributed by atoms with Gasteiger partial charge in [-0.2, -0.15) is 0 Å². The van der Waals surface area contributed by atoms with Crippen molar-refractivity contribution in [1.82, 2.24) is 5.32 Å². The zero-order valence-corrected chi connectivity index (χ0v) is 14.0. The van der Waals surface area contributed by atoms with Gasteiger partial charge in [-0.15, -0.1) is 0 Å². The zero-order chi connectivity index (χ0) is 15.5. The Balaban J connectivity index is 2.39. The smallest absolute Gasteiger partial charge is 0.123 e. The summed E-state index contributed by atoms with van der Waals surface area (Å²) in [6, 6.07) is 5.80. The van der Waals surface area contributed by atoms with E-state index in [1.807, 2.05) is 6.92 Å². The summed E-state index contributed by atoms with van der Waals surface area (Å²) in [4.78, 5) is 0. The minimum atomic E-state index is -0.106. The van der Waals surface area contributed by atoms with Gasteiger partial charge in [0.15, 0.2) is 0 Å². The van der Waals surface area contributed by atoms with Crippen LogP contribution in [-0.4, -0.2) is 6.54 Å². The quantitative estimate of drug-likeness (QED) is 0.741. The van der Waals surface area contributed by atoms with E-state index >= 15 is 0 Å². The fourth-order valence-corrected chi connectivity index (χ4v) is 4.33. The Bertz CT molecular complexity index is 440. The van der Waals surface area contributed by atoms with Crippen LogP contribution in [0.3, 0.4) is 0 Å². The van der Waals surface area contributed by atoms with E-state index in [4.69, 9.17) is 0 Å². The molecule has 0 bridgehead atoms. The van der Waals surface area contributed by atoms with Gasteiger partial charge in [-0.3, -0.25) is 0 Å². The molecule has 0 aromatic heterocycles. The fourth-order valence-electron chi connectivity index (χ4n) is 4.33. The number of benzene rings is 1. The predicted molar refractivity (Wildman–Crippen MR) is 87.9 cm³/mol. The normalized spacial score (nSPS) is 19.1. The molecule has 118 valence electrons. The Morgan fingerprint density at radius 3 is 2.38 bits per heavy atom. The molecular weight excluding hydrogens is 261 g/mol. The Labute approximate surface area is 129 Å². The highest BCUT2D eigenvalue weighted by Crippen LogP contribution is 2.51. The Morgan fingerprint density at radius 1 is 1.19 bits per heavy atom. The van der Waals surface area contributed by atoms with Crippen molar-refractivity contribution in [3.8, 4) is 0 Å². The SMILES string of the molecule is CCNC(c1cc(C)cc(F)c1)C1(CC(C)C)CCCC1. The first kappa shape index (κ1) is 16.5. The molecule has 1 saturated carbocycles. The van der Waals surface area contributed by atoms with Gasteiger partial charge in [-0.1, -0.05) is 39.7 Å². The first-order valence-corrected chi connectivity index (χ1v) is 8.47. The molecule has 1 atom stereocenters. The maximum absolute atomic E-state index is 13.9. The average Bonchev–Trinajstić information content (AvgIpc) is 2.83. The number of halogens is 1. The van der Waals surface area contributed by atoms with Crippen LogP contribution in [0, 0.1) is 24.1 Å². The number of nitrogens with one attached hydrogen (secondary N) is 1. The van der Waals surface area contributed by atoms with Crippen LogP contribution in [0.4, 0.5) is 4.39 Å². The highest BCUT2D eigenvalue weighted by Gasteiger charge is 2.42. The van der Waals surface area contributed by atoms with E-state index < -0.39 is 0 Å². The molecule has 1 fully saturated rings. The maximum atomic E-state index is 13.9. The minimum Gasteiger partial charge on any atom is -0.310 e. The Morgan fingerprint density at radius 2 is 1.86 bits per heavy atom. The summed E-state index contributed by atoms with van der Waals surface area (Å²) in [5, 5.41) is 3.67. The number of hydrogen-bond donors (Lipinski definition) is 1. The molecule has 1 unspecified atom stereocenters. The number of hydrogen-bond acceptors (Lipinski definition) is 1. The lowest BCUT2D eigenvalue weighted by Crippen LogP contribution is -2.37. The van der Waals surface area contributed by atoms with Gasteiger partial charge in [-0.05, 0) is 67.3 Å². The van der Waals surface area contributed by atoms with Crippen LogP contribution in [0.5, 0.6) is 0 Å². The molecule has 0 heterocycles. The van der Waals surface area contributed by atoms with Crippen LogP contribution < -0.4 is 5.32 Å². The monoisotopic (exact) mass is 291 g/mol. The molecule has 0 amide bonds. The van der Waals surface area contributed by atoms with Crippen molar-refractivity contribution in [2.24, 2.45) is 11.3 Å². The van der Waals surface area contributed by atoms with E-state index in [1.165, 1.54) is 32.1 Å². The van der Waals surface area contributed by atoms with E-state index in [9.17, 15) is 4.39 Å². The van der Waals surface area contributed by atoms with Gasteiger partial charge in [0, 0.05) is 6.04 Å². The van der Waals surface area contributed by atoms with Crippen molar-refractivity contribution in [3.05, 3.63) is 35.1 Å². The third kappa shape index (κ3) is 3.85. The van der Waals surface area contributed by atoms with Crippen LogP contribution >= 0.6 is 0 Å². The van der Waals surface area contributed by atoms with Gasteiger partial charge in [0.05, 0.1) is 0 Å². The van der Waals surface area contributed by atoms with Gasteiger partial charge in [0.25, 0.3) is 0 Å². The lowest BCUT2D eigenvalue weighted by atomic mass is 9.70. The van der Waals surface area contributed by atoms with Gasteiger partial charge in [0.2, 0.25) is 0 Å². The first-order chi connectivity index (χ1) is 9.97. The van der Waals surface area contributed by atoms with Gasteiger partial charge in [0.1, 0.15) is 5.82 Å². The molecule has 0 aliphatic heterocycles. The van der Waals surface area contributed by atoms with Crippen LogP contribution in [0.25, 0.3) is 0 Å². The molecule has 1 aromatic rings. The average molecular weight is 291 g/mol. The molecule has 0 saturated heterocycles. The molecule has 2 rings (SSSR count). The minimum absolute atomic E-state index is 0.106. The number of rotatable bonds is 6. The summed E-state index contributed by atoms with van der Waals surface area (Å²) in [5.74, 6) is 0.574. The molecule has 2 heteroatoms. The largest absolute Gasteiger partial charge is 0.310 e. The summed E-state index contributed by atoms with van der Waals surface area (Å²) < 4.78 is 13.9. The molecule has 0 spiro atoms. The van der Waals surface area contributed by atoms with E-state index in [1.54, 1.807) is 12.1 Å². The number of aryl methyl sites for hydroxylation is 1. The third-order valence-electron chi connectivity index (χ3n) is 4.83. The van der Waals surface area contributed by atoms with Crippen molar-refractivity contribution in [2.75, 3.05) is 6.54 Å². The van der Waals surface area contributed by atoms with Gasteiger partial charge < -0.3 is 5.32 Å². The lowest BCUT2D eigenvalue weighted by molar-refractivity contribution is 0.156. The van der Waals surface area contributed by atoms with Crippen molar-refractivity contribution >= 4 is 0 Å². The van der Waals surface area contributed by atoms with E-state index in [0.717, 1.165) is 17.7 Å². The highest BCUT2D eigenvalue weighted by atomic mass is 19.1. The summed E-state index contributed by atoms with van der Waals surface area (Å²) in [6.07, 6.45) is 6.36. The van der Waals surface area contributed by atoms with Crippen LogP contribution in [0.1, 0.15) is 70.0 Å². The van der Waals surface area contributed by atoms with Crippen molar-refractivity contribution < 1.29 is 4.39 Å². The third-order valence-corrected chi connectivity index (χ3v) is 4.83. The van der Waals surface area contributed by atoms with E-state index in [-0.39, 0.29) is 11.9 Å². The lowest BCUT2D eigenvalue weighted by Gasteiger charge is -2.40. The van der Waals surface area contributed by atoms with E-state index in [2.05, 4.69) is 32.2 Å². The molecule has 1 nitrogen and oxygen atoms in total. The summed E-state index contributed by atoms with van der Waals surface area (Å²) in [6.45, 7) is 9.68. The molecule has 1 aromatic carbocycles. The second-order valence-electron chi connectivity index (χ2n) is 7.22. The molecule has 21 heavy (non-hydrogen) atoms. The van der Waals surface area contributed by atoms with Crippen LogP contribution in [0.15, 0.2) is 18.2 Å². The topological polar surface area (TPSA) is 12.0 Å². The Hall–Kier alpha value is -0.890. The van der Waals surface area contributed by atoms with E-state index in [0.29, 0.717) is 11.3 Å². The van der Waals surface area contributed by atoms with Crippen molar-refractivity contribution in [3.63, 3.8) is 0 Å². The highest BCUT2D eigenvalue weighted by molar-refractivity contribution is 5.28.